The topological polar surface area (TPSA) is 34.9 Å². The van der Waals surface area contributed by atoms with Crippen LogP contribution in [0.25, 0.3) is 0 Å². The summed E-state index contributed by atoms with van der Waals surface area (Å²) in [7, 11) is 0. The van der Waals surface area contributed by atoms with Gasteiger partial charge in [0.2, 0.25) is 0 Å². The molecule has 0 aliphatic carbocycles. The maximum atomic E-state index is 12.7. The van der Waals surface area contributed by atoms with Gasteiger partial charge in [-0.15, -0.1) is 29.9 Å². The number of aromatic nitrogens is 2. The predicted molar refractivity (Wildman–Crippen MR) is 100 cm³/mol. The first-order valence-electron chi connectivity index (χ1n) is 7.14. The lowest BCUT2D eigenvalue weighted by Gasteiger charge is -2.15. The Kier molecular flexibility index (Phi) is 7.10. The minimum absolute atomic E-state index is 0.0959. The summed E-state index contributed by atoms with van der Waals surface area (Å²) in [6.45, 7) is 2.46. The second-order valence-corrected chi connectivity index (χ2v) is 7.26. The Hall–Kier alpha value is -1.35. The third-order valence-corrected chi connectivity index (χ3v) is 5.06. The van der Waals surface area contributed by atoms with E-state index in [1.807, 2.05) is 37.3 Å². The molecule has 0 fully saturated rings. The van der Waals surface area contributed by atoms with Crippen LogP contribution >= 0.6 is 35.1 Å². The molecule has 1 aromatic carbocycles. The van der Waals surface area contributed by atoms with Crippen LogP contribution in [0.4, 0.5) is 0 Å². The normalized spacial score (nSPS) is 10.5. The molecule has 0 spiro atoms. The predicted octanol–water partition coefficient (Wildman–Crippen LogP) is 3.92. The average Bonchev–Trinajstić information content (AvgIpc) is 2.56. The van der Waals surface area contributed by atoms with E-state index in [9.17, 15) is 4.79 Å². The molecule has 1 aromatic heterocycles. The van der Waals surface area contributed by atoms with Crippen LogP contribution in [-0.4, -0.2) is 21.1 Å². The van der Waals surface area contributed by atoms with Gasteiger partial charge >= 0.3 is 0 Å². The van der Waals surface area contributed by atoms with E-state index < -0.39 is 0 Å². The van der Waals surface area contributed by atoms with Crippen molar-refractivity contribution in [1.82, 2.24) is 9.55 Å². The summed E-state index contributed by atoms with van der Waals surface area (Å²) >= 11 is 9.29. The molecule has 0 saturated carbocycles. The van der Waals surface area contributed by atoms with Gasteiger partial charge in [-0.05, 0) is 11.3 Å². The molecule has 0 amide bonds. The van der Waals surface area contributed by atoms with E-state index in [0.717, 1.165) is 17.0 Å². The fourth-order valence-electron chi connectivity index (χ4n) is 2.06. The van der Waals surface area contributed by atoms with Crippen molar-refractivity contribution in [2.75, 3.05) is 11.5 Å². The first-order chi connectivity index (χ1) is 11.2. The van der Waals surface area contributed by atoms with Crippen molar-refractivity contribution in [3.63, 3.8) is 0 Å². The van der Waals surface area contributed by atoms with Crippen LogP contribution in [-0.2, 0) is 12.3 Å². The van der Waals surface area contributed by atoms with E-state index in [1.54, 1.807) is 16.3 Å². The SMILES string of the molecule is C#CCSCc1c(Cl)nc(SCC)c(=O)n1Cc1ccccc1. The van der Waals surface area contributed by atoms with Crippen molar-refractivity contribution in [2.24, 2.45) is 0 Å². The highest BCUT2D eigenvalue weighted by atomic mass is 35.5. The first kappa shape index (κ1) is 18.0. The highest BCUT2D eigenvalue weighted by Gasteiger charge is 2.15. The Bertz CT molecular complexity index is 754. The Morgan fingerprint density at radius 2 is 2.09 bits per heavy atom. The Balaban J connectivity index is 2.45. The van der Waals surface area contributed by atoms with Crippen molar-refractivity contribution >= 4 is 35.1 Å². The number of halogens is 1. The van der Waals surface area contributed by atoms with Crippen molar-refractivity contribution < 1.29 is 0 Å². The molecule has 0 aliphatic rings. The molecule has 2 aromatic rings. The number of rotatable bonds is 7. The summed E-state index contributed by atoms with van der Waals surface area (Å²) in [4.78, 5) is 17.0. The molecule has 23 heavy (non-hydrogen) atoms. The molecule has 3 nitrogen and oxygen atoms in total. The van der Waals surface area contributed by atoms with Crippen LogP contribution in [0.3, 0.4) is 0 Å². The van der Waals surface area contributed by atoms with Crippen LogP contribution in [0, 0.1) is 12.3 Å². The molecule has 0 bridgehead atoms. The van der Waals surface area contributed by atoms with Gasteiger partial charge in [0, 0.05) is 5.75 Å². The summed E-state index contributed by atoms with van der Waals surface area (Å²) in [6, 6.07) is 9.85. The zero-order valence-electron chi connectivity index (χ0n) is 12.8. The van der Waals surface area contributed by atoms with Crippen molar-refractivity contribution in [1.29, 1.82) is 0 Å². The van der Waals surface area contributed by atoms with Crippen LogP contribution < -0.4 is 5.56 Å². The molecule has 0 aliphatic heterocycles. The van der Waals surface area contributed by atoms with E-state index in [2.05, 4.69) is 10.9 Å². The lowest BCUT2D eigenvalue weighted by Crippen LogP contribution is -2.27. The molecule has 6 heteroatoms. The van der Waals surface area contributed by atoms with Gasteiger partial charge in [0.15, 0.2) is 10.2 Å². The highest BCUT2D eigenvalue weighted by Crippen LogP contribution is 2.22. The average molecular weight is 365 g/mol. The van der Waals surface area contributed by atoms with Crippen molar-refractivity contribution in [3.05, 3.63) is 57.1 Å². The molecular formula is C17H17ClN2OS2. The van der Waals surface area contributed by atoms with E-state index in [4.69, 9.17) is 18.0 Å². The maximum absolute atomic E-state index is 12.7. The number of benzene rings is 1. The number of hydrogen-bond donors (Lipinski definition) is 0. The molecule has 0 atom stereocenters. The molecule has 0 radical (unpaired) electrons. The second kappa shape index (κ2) is 9.07. The van der Waals surface area contributed by atoms with Crippen LogP contribution in [0.1, 0.15) is 18.2 Å². The molecule has 0 saturated heterocycles. The van der Waals surface area contributed by atoms with Gasteiger partial charge in [0.05, 0.1) is 18.0 Å². The number of thioether (sulfide) groups is 2. The minimum atomic E-state index is -0.0959. The largest absolute Gasteiger partial charge is 0.302 e. The van der Waals surface area contributed by atoms with Gasteiger partial charge in [0.1, 0.15) is 0 Å². The summed E-state index contributed by atoms with van der Waals surface area (Å²) < 4.78 is 1.71. The summed E-state index contributed by atoms with van der Waals surface area (Å²) in [6.07, 6.45) is 5.29. The monoisotopic (exact) mass is 364 g/mol. The van der Waals surface area contributed by atoms with Gasteiger partial charge in [-0.3, -0.25) is 4.79 Å². The van der Waals surface area contributed by atoms with E-state index in [0.29, 0.717) is 28.2 Å². The first-order valence-corrected chi connectivity index (χ1v) is 9.66. The third-order valence-electron chi connectivity index (χ3n) is 3.08. The summed E-state index contributed by atoms with van der Waals surface area (Å²) in [5, 5.41) is 0.820. The quantitative estimate of drug-likeness (QED) is 0.423. The second-order valence-electron chi connectivity index (χ2n) is 4.66. The fraction of sp³-hybridized carbons (Fsp3) is 0.294. The Morgan fingerprint density at radius 1 is 1.35 bits per heavy atom. The Labute approximate surface area is 149 Å². The maximum Gasteiger partial charge on any atom is 0.283 e. The number of terminal acetylenes is 1. The van der Waals surface area contributed by atoms with Crippen molar-refractivity contribution in [3.8, 4) is 12.3 Å². The lowest BCUT2D eigenvalue weighted by molar-refractivity contribution is 0.688. The molecule has 120 valence electrons. The zero-order valence-corrected chi connectivity index (χ0v) is 15.2. The Morgan fingerprint density at radius 3 is 2.74 bits per heavy atom. The number of hydrogen-bond acceptors (Lipinski definition) is 4. The fourth-order valence-corrected chi connectivity index (χ4v) is 3.81. The van der Waals surface area contributed by atoms with Crippen LogP contribution in [0.15, 0.2) is 40.2 Å². The third kappa shape index (κ3) is 4.81. The summed E-state index contributed by atoms with van der Waals surface area (Å²) in [5.41, 5.74) is 1.68. The van der Waals surface area contributed by atoms with Crippen molar-refractivity contribution in [2.45, 2.75) is 24.2 Å². The smallest absolute Gasteiger partial charge is 0.283 e. The molecule has 2 rings (SSSR count). The van der Waals surface area contributed by atoms with Crippen LogP contribution in [0.5, 0.6) is 0 Å². The highest BCUT2D eigenvalue weighted by molar-refractivity contribution is 7.99. The number of nitrogens with zero attached hydrogens (tertiary/aromatic N) is 2. The summed E-state index contributed by atoms with van der Waals surface area (Å²) in [5.74, 6) is 4.49. The minimum Gasteiger partial charge on any atom is -0.302 e. The van der Waals surface area contributed by atoms with Gasteiger partial charge in [0.25, 0.3) is 5.56 Å². The standard InChI is InChI=1S/C17H17ClN2OS2/c1-3-10-22-12-14-15(18)19-16(23-4-2)17(21)20(14)11-13-8-6-5-7-9-13/h1,5-9H,4,10-12H2,2H3. The van der Waals surface area contributed by atoms with Gasteiger partial charge < -0.3 is 4.57 Å². The zero-order chi connectivity index (χ0) is 16.7. The van der Waals surface area contributed by atoms with E-state index >= 15 is 0 Å². The van der Waals surface area contributed by atoms with Gasteiger partial charge in [-0.25, -0.2) is 4.98 Å². The molecule has 0 N–H and O–H groups in total. The molecule has 1 heterocycles. The van der Waals surface area contributed by atoms with Gasteiger partial charge in [-0.2, -0.15) is 0 Å². The van der Waals surface area contributed by atoms with Crippen LogP contribution in [0.2, 0.25) is 5.15 Å². The van der Waals surface area contributed by atoms with E-state index in [-0.39, 0.29) is 5.56 Å². The van der Waals surface area contributed by atoms with Gasteiger partial charge in [-0.1, -0.05) is 54.8 Å². The molecule has 0 unspecified atom stereocenters. The lowest BCUT2D eigenvalue weighted by atomic mass is 10.2. The molecular weight excluding hydrogens is 348 g/mol. The van der Waals surface area contributed by atoms with E-state index in [1.165, 1.54) is 11.8 Å².